The molecule has 1 aromatic heterocycles. The van der Waals surface area contributed by atoms with Gasteiger partial charge < -0.3 is 19.8 Å². The normalized spacial score (nSPS) is 10.6. The molecule has 9 heteroatoms. The smallest absolute Gasteiger partial charge is 0.243 e. The molecule has 2 aromatic carbocycles. The van der Waals surface area contributed by atoms with Crippen molar-refractivity contribution in [3.05, 3.63) is 71.7 Å². The molecule has 0 unspecified atom stereocenters. The number of hydrogen-bond donors (Lipinski definition) is 2. The van der Waals surface area contributed by atoms with Gasteiger partial charge in [-0.05, 0) is 48.5 Å². The van der Waals surface area contributed by atoms with Gasteiger partial charge in [0.25, 0.3) is 0 Å². The number of rotatable bonds is 8. The largest absolute Gasteiger partial charge is 0.497 e. The summed E-state index contributed by atoms with van der Waals surface area (Å²) in [5.41, 5.74) is 0.345. The molecule has 3 rings (SSSR count). The summed E-state index contributed by atoms with van der Waals surface area (Å²) < 4.78 is 50.5. The summed E-state index contributed by atoms with van der Waals surface area (Å²) in [5.74, 6) is -3.80. The minimum atomic E-state index is -1.69. The summed E-state index contributed by atoms with van der Waals surface area (Å²) in [6.07, 6.45) is 0.365. The minimum Gasteiger partial charge on any atom is -0.497 e. The van der Waals surface area contributed by atoms with E-state index in [9.17, 15) is 22.8 Å². The van der Waals surface area contributed by atoms with E-state index in [0.717, 1.165) is 17.4 Å². The highest BCUT2D eigenvalue weighted by Crippen LogP contribution is 2.25. The van der Waals surface area contributed by atoms with Crippen LogP contribution in [0.15, 0.2) is 52.9 Å². The molecule has 0 saturated carbocycles. The van der Waals surface area contributed by atoms with E-state index in [0.29, 0.717) is 24.0 Å². The lowest BCUT2D eigenvalue weighted by atomic mass is 10.2. The van der Waals surface area contributed by atoms with Crippen molar-refractivity contribution >= 4 is 17.5 Å². The maximum atomic E-state index is 13.6. The van der Waals surface area contributed by atoms with Gasteiger partial charge in [0.2, 0.25) is 11.8 Å². The van der Waals surface area contributed by atoms with Crippen LogP contribution < -0.4 is 15.4 Å². The van der Waals surface area contributed by atoms with Gasteiger partial charge in [-0.25, -0.2) is 13.2 Å². The zero-order chi connectivity index (χ0) is 22.4. The van der Waals surface area contributed by atoms with Crippen molar-refractivity contribution in [3.63, 3.8) is 0 Å². The number of amides is 2. The first-order valence-corrected chi connectivity index (χ1v) is 9.30. The van der Waals surface area contributed by atoms with E-state index in [4.69, 9.17) is 9.15 Å². The van der Waals surface area contributed by atoms with E-state index >= 15 is 0 Å². The molecule has 3 aromatic rings. The van der Waals surface area contributed by atoms with Crippen LogP contribution in [0.2, 0.25) is 0 Å². The fourth-order valence-electron chi connectivity index (χ4n) is 2.74. The van der Waals surface area contributed by atoms with Crippen molar-refractivity contribution in [3.8, 4) is 17.1 Å². The number of hydrogen-bond acceptors (Lipinski definition) is 4. The number of carbonyl (C=O) groups is 2. The third-order valence-electron chi connectivity index (χ3n) is 4.39. The van der Waals surface area contributed by atoms with E-state index in [1.165, 1.54) is 0 Å². The molecular weight excluding hydrogens is 413 g/mol. The first kappa shape index (κ1) is 21.9. The van der Waals surface area contributed by atoms with Gasteiger partial charge in [-0.3, -0.25) is 9.59 Å². The second kappa shape index (κ2) is 9.84. The number of ether oxygens (including phenoxy) is 1. The number of benzene rings is 2. The lowest BCUT2D eigenvalue weighted by Crippen LogP contribution is -2.33. The minimum absolute atomic E-state index is 0.0579. The van der Waals surface area contributed by atoms with E-state index in [-0.39, 0.29) is 6.42 Å². The Bertz CT molecular complexity index is 1080. The van der Waals surface area contributed by atoms with Crippen molar-refractivity contribution in [2.75, 3.05) is 19.0 Å². The Balaban J connectivity index is 1.45. The number of nitrogens with one attached hydrogen (secondary N) is 2. The highest BCUT2D eigenvalue weighted by molar-refractivity contribution is 5.94. The van der Waals surface area contributed by atoms with Crippen LogP contribution in [-0.2, 0) is 16.0 Å². The summed E-state index contributed by atoms with van der Waals surface area (Å²) in [4.78, 5) is 23.8. The summed E-state index contributed by atoms with van der Waals surface area (Å²) in [6.45, 7) is -0.452. The molecule has 0 spiro atoms. The highest BCUT2D eigenvalue weighted by atomic mass is 19.2. The van der Waals surface area contributed by atoms with E-state index in [1.54, 1.807) is 19.2 Å². The molecule has 0 saturated heterocycles. The average molecular weight is 432 g/mol. The van der Waals surface area contributed by atoms with Gasteiger partial charge in [-0.2, -0.15) is 0 Å². The fourth-order valence-corrected chi connectivity index (χ4v) is 2.74. The van der Waals surface area contributed by atoms with Crippen LogP contribution in [0.1, 0.15) is 12.2 Å². The van der Waals surface area contributed by atoms with Crippen molar-refractivity contribution in [1.29, 1.82) is 0 Å². The number of carbonyl (C=O) groups excluding carboxylic acids is 2. The van der Waals surface area contributed by atoms with Gasteiger partial charge in [-0.1, -0.05) is 0 Å². The Hall–Kier alpha value is -3.75. The molecule has 0 aliphatic carbocycles. The maximum Gasteiger partial charge on any atom is 0.243 e. The van der Waals surface area contributed by atoms with Crippen LogP contribution in [0.25, 0.3) is 11.3 Å². The van der Waals surface area contributed by atoms with Crippen molar-refractivity contribution in [1.82, 2.24) is 5.32 Å². The number of anilines is 1. The van der Waals surface area contributed by atoms with Crippen LogP contribution in [0, 0.1) is 17.5 Å². The Morgan fingerprint density at radius 3 is 2.39 bits per heavy atom. The Kier molecular flexibility index (Phi) is 6.96. The van der Waals surface area contributed by atoms with Crippen molar-refractivity contribution < 1.29 is 31.9 Å². The van der Waals surface area contributed by atoms with Crippen molar-refractivity contribution in [2.24, 2.45) is 0 Å². The van der Waals surface area contributed by atoms with Gasteiger partial charge in [0, 0.05) is 18.4 Å². The summed E-state index contributed by atoms with van der Waals surface area (Å²) in [7, 11) is 1.58. The van der Waals surface area contributed by atoms with E-state index in [1.807, 2.05) is 24.3 Å². The summed E-state index contributed by atoms with van der Waals surface area (Å²) in [5, 5.41) is 4.45. The third kappa shape index (κ3) is 5.65. The molecular formula is C22H19F3N2O4. The molecule has 2 N–H and O–H groups in total. The second-order valence-corrected chi connectivity index (χ2v) is 6.54. The van der Waals surface area contributed by atoms with E-state index in [2.05, 4.69) is 10.6 Å². The second-order valence-electron chi connectivity index (χ2n) is 6.54. The molecule has 31 heavy (non-hydrogen) atoms. The van der Waals surface area contributed by atoms with Crippen molar-refractivity contribution in [2.45, 2.75) is 12.8 Å². The van der Waals surface area contributed by atoms with Crippen LogP contribution in [0.4, 0.5) is 18.9 Å². The van der Waals surface area contributed by atoms with Crippen LogP contribution in [0.3, 0.4) is 0 Å². The average Bonchev–Trinajstić information content (AvgIpc) is 3.26. The Morgan fingerprint density at radius 2 is 1.68 bits per heavy atom. The van der Waals surface area contributed by atoms with Gasteiger partial charge in [0.15, 0.2) is 17.5 Å². The number of halogens is 3. The Labute approximate surface area is 176 Å². The number of aryl methyl sites for hydroxylation is 1. The summed E-state index contributed by atoms with van der Waals surface area (Å²) in [6, 6.07) is 12.4. The highest BCUT2D eigenvalue weighted by Gasteiger charge is 2.15. The predicted molar refractivity (Wildman–Crippen MR) is 107 cm³/mol. The first-order chi connectivity index (χ1) is 14.9. The molecule has 2 amide bonds. The zero-order valence-corrected chi connectivity index (χ0v) is 16.5. The molecule has 0 radical (unpaired) electrons. The van der Waals surface area contributed by atoms with Crippen LogP contribution in [-0.4, -0.2) is 25.5 Å². The lowest BCUT2D eigenvalue weighted by Gasteiger charge is -2.08. The van der Waals surface area contributed by atoms with E-state index < -0.39 is 41.5 Å². The molecule has 162 valence electrons. The molecule has 0 fully saturated rings. The first-order valence-electron chi connectivity index (χ1n) is 9.30. The number of furan rings is 1. The van der Waals surface area contributed by atoms with Gasteiger partial charge in [0.05, 0.1) is 19.3 Å². The topological polar surface area (TPSA) is 80.6 Å². The van der Waals surface area contributed by atoms with Crippen LogP contribution >= 0.6 is 0 Å². The maximum absolute atomic E-state index is 13.6. The standard InChI is InChI=1S/C22H19F3N2O4/c1-30-14-4-2-13(3-5-14)18-10-6-15(31-18)7-11-19(28)26-12-20(29)27-17-9-8-16(23)21(24)22(17)25/h2-6,8-10H,7,11-12H2,1H3,(H,26,28)(H,27,29). The SMILES string of the molecule is COc1ccc(-c2ccc(CCC(=O)NCC(=O)Nc3ccc(F)c(F)c3F)o2)cc1. The quantitative estimate of drug-likeness (QED) is 0.526. The fraction of sp³-hybridized carbons (Fsp3) is 0.182. The predicted octanol–water partition coefficient (Wildman–Crippen LogP) is 4.06. The molecule has 6 nitrogen and oxygen atoms in total. The zero-order valence-electron chi connectivity index (χ0n) is 16.5. The monoisotopic (exact) mass is 432 g/mol. The van der Waals surface area contributed by atoms with Gasteiger partial charge >= 0.3 is 0 Å². The number of methoxy groups -OCH3 is 1. The van der Waals surface area contributed by atoms with Crippen LogP contribution in [0.5, 0.6) is 5.75 Å². The molecule has 0 atom stereocenters. The molecule has 0 bridgehead atoms. The molecule has 0 aliphatic heterocycles. The molecule has 1 heterocycles. The van der Waals surface area contributed by atoms with Gasteiger partial charge in [-0.15, -0.1) is 0 Å². The summed E-state index contributed by atoms with van der Waals surface area (Å²) >= 11 is 0. The lowest BCUT2D eigenvalue weighted by molar-refractivity contribution is -0.124. The third-order valence-corrected chi connectivity index (χ3v) is 4.39. The molecule has 0 aliphatic rings. The Morgan fingerprint density at radius 1 is 0.935 bits per heavy atom. The van der Waals surface area contributed by atoms with Gasteiger partial charge in [0.1, 0.15) is 17.3 Å².